The molecule has 0 aliphatic rings. The summed E-state index contributed by atoms with van der Waals surface area (Å²) < 4.78 is 6.91. The van der Waals surface area contributed by atoms with Crippen LogP contribution < -0.4 is 5.56 Å². The van der Waals surface area contributed by atoms with Crippen LogP contribution in [0.1, 0.15) is 11.7 Å². The van der Waals surface area contributed by atoms with Crippen molar-refractivity contribution in [3.8, 4) is 0 Å². The Kier molecular flexibility index (Phi) is 2.46. The number of nitrogens with zero attached hydrogens (tertiary/aromatic N) is 3. The zero-order valence-corrected chi connectivity index (χ0v) is 8.74. The number of rotatable bonds is 2. The van der Waals surface area contributed by atoms with Crippen LogP contribution in [0.4, 0.5) is 0 Å². The minimum atomic E-state index is -0.224. The molecule has 2 aromatic rings. The Balaban J connectivity index is 2.32. The molecule has 2 heterocycles. The maximum atomic E-state index is 10.9. The van der Waals surface area contributed by atoms with E-state index in [1.165, 1.54) is 6.07 Å². The van der Waals surface area contributed by atoms with Gasteiger partial charge >= 0.3 is 0 Å². The molecule has 0 atom stereocenters. The topological polar surface area (TPSA) is 76.7 Å². The van der Waals surface area contributed by atoms with Crippen molar-refractivity contribution in [3.05, 3.63) is 39.1 Å². The van der Waals surface area contributed by atoms with E-state index in [0.29, 0.717) is 23.0 Å². The van der Waals surface area contributed by atoms with Gasteiger partial charge in [-0.05, 0) is 19.1 Å². The van der Waals surface area contributed by atoms with E-state index in [2.05, 4.69) is 15.1 Å². The molecule has 0 amide bonds. The van der Waals surface area contributed by atoms with E-state index in [1.807, 2.05) is 0 Å². The summed E-state index contributed by atoms with van der Waals surface area (Å²) in [5.74, 6) is 1.02. The SMILES string of the molecule is Cc1noc(Cn2ccc(=O)[nH]c2=S)n1. The molecular formula is C8H8N4O2S. The van der Waals surface area contributed by atoms with E-state index in [9.17, 15) is 4.79 Å². The highest BCUT2D eigenvalue weighted by Crippen LogP contribution is 1.99. The minimum absolute atomic E-state index is 0.224. The van der Waals surface area contributed by atoms with Crippen molar-refractivity contribution in [1.29, 1.82) is 0 Å². The van der Waals surface area contributed by atoms with Crippen LogP contribution in [0.15, 0.2) is 21.6 Å². The van der Waals surface area contributed by atoms with Crippen molar-refractivity contribution in [2.75, 3.05) is 0 Å². The van der Waals surface area contributed by atoms with Crippen LogP contribution in [0.2, 0.25) is 0 Å². The molecule has 2 aromatic heterocycles. The number of aryl methyl sites for hydroxylation is 1. The van der Waals surface area contributed by atoms with Gasteiger partial charge in [0.05, 0.1) is 0 Å². The van der Waals surface area contributed by atoms with Crippen LogP contribution in [0.5, 0.6) is 0 Å². The molecule has 0 radical (unpaired) electrons. The Morgan fingerprint density at radius 2 is 2.47 bits per heavy atom. The summed E-state index contributed by atoms with van der Waals surface area (Å²) in [6, 6.07) is 1.39. The zero-order chi connectivity index (χ0) is 10.8. The van der Waals surface area contributed by atoms with Crippen molar-refractivity contribution in [1.82, 2.24) is 19.7 Å². The fourth-order valence-electron chi connectivity index (χ4n) is 1.12. The van der Waals surface area contributed by atoms with Crippen LogP contribution in [0.3, 0.4) is 0 Å². The van der Waals surface area contributed by atoms with Gasteiger partial charge in [0.2, 0.25) is 5.89 Å². The first-order chi connectivity index (χ1) is 7.15. The van der Waals surface area contributed by atoms with Gasteiger partial charge in [-0.15, -0.1) is 0 Å². The molecule has 78 valence electrons. The van der Waals surface area contributed by atoms with Gasteiger partial charge in [-0.1, -0.05) is 5.16 Å². The molecule has 0 fully saturated rings. The monoisotopic (exact) mass is 224 g/mol. The van der Waals surface area contributed by atoms with Crippen molar-refractivity contribution in [2.24, 2.45) is 0 Å². The molecular weight excluding hydrogens is 216 g/mol. The molecule has 7 heteroatoms. The predicted octanol–water partition coefficient (Wildman–Crippen LogP) is 0.646. The molecule has 0 bridgehead atoms. The Morgan fingerprint density at radius 3 is 3.07 bits per heavy atom. The Labute approximate surface area is 89.6 Å². The normalized spacial score (nSPS) is 10.5. The third kappa shape index (κ3) is 2.18. The van der Waals surface area contributed by atoms with Gasteiger partial charge in [0.1, 0.15) is 6.54 Å². The third-order valence-corrected chi connectivity index (χ3v) is 2.11. The molecule has 0 aliphatic heterocycles. The van der Waals surface area contributed by atoms with Crippen molar-refractivity contribution in [3.63, 3.8) is 0 Å². The summed E-state index contributed by atoms with van der Waals surface area (Å²) in [4.78, 5) is 17.4. The zero-order valence-electron chi connectivity index (χ0n) is 7.93. The number of aromatic nitrogens is 4. The lowest BCUT2D eigenvalue weighted by molar-refractivity contribution is 0.366. The Bertz CT molecular complexity index is 583. The molecule has 6 nitrogen and oxygen atoms in total. The average molecular weight is 224 g/mol. The van der Waals surface area contributed by atoms with E-state index in [1.54, 1.807) is 17.7 Å². The molecule has 0 aliphatic carbocycles. The first-order valence-electron chi connectivity index (χ1n) is 4.24. The standard InChI is InChI=1S/C8H8N4O2S/c1-5-9-7(14-11-5)4-12-3-2-6(13)10-8(12)15/h2-3H,4H2,1H3,(H,10,13,15). The summed E-state index contributed by atoms with van der Waals surface area (Å²) >= 11 is 4.96. The first-order valence-corrected chi connectivity index (χ1v) is 4.65. The number of hydrogen-bond donors (Lipinski definition) is 1. The van der Waals surface area contributed by atoms with Gasteiger partial charge in [-0.2, -0.15) is 4.98 Å². The van der Waals surface area contributed by atoms with Crippen LogP contribution in [0, 0.1) is 11.7 Å². The lowest BCUT2D eigenvalue weighted by atomic mass is 10.5. The fraction of sp³-hybridized carbons (Fsp3) is 0.250. The van der Waals surface area contributed by atoms with E-state index in [4.69, 9.17) is 16.7 Å². The summed E-state index contributed by atoms with van der Waals surface area (Å²) in [6.45, 7) is 2.09. The van der Waals surface area contributed by atoms with Crippen molar-refractivity contribution in [2.45, 2.75) is 13.5 Å². The smallest absolute Gasteiger partial charge is 0.251 e. The Morgan fingerprint density at radius 1 is 1.67 bits per heavy atom. The maximum absolute atomic E-state index is 10.9. The molecule has 15 heavy (non-hydrogen) atoms. The minimum Gasteiger partial charge on any atom is -0.337 e. The molecule has 0 saturated carbocycles. The van der Waals surface area contributed by atoms with Crippen molar-refractivity contribution < 1.29 is 4.52 Å². The van der Waals surface area contributed by atoms with Gasteiger partial charge in [0.25, 0.3) is 5.56 Å². The van der Waals surface area contributed by atoms with Crippen LogP contribution in [0.25, 0.3) is 0 Å². The summed E-state index contributed by atoms with van der Waals surface area (Å²) in [6.07, 6.45) is 1.58. The molecule has 0 spiro atoms. The molecule has 0 unspecified atom stereocenters. The van der Waals surface area contributed by atoms with E-state index in [-0.39, 0.29) is 5.56 Å². The van der Waals surface area contributed by atoms with Crippen LogP contribution >= 0.6 is 12.2 Å². The average Bonchev–Trinajstić information content (AvgIpc) is 2.56. The third-order valence-electron chi connectivity index (χ3n) is 1.77. The van der Waals surface area contributed by atoms with E-state index >= 15 is 0 Å². The highest BCUT2D eigenvalue weighted by molar-refractivity contribution is 7.71. The predicted molar refractivity (Wildman–Crippen MR) is 54.0 cm³/mol. The highest BCUT2D eigenvalue weighted by atomic mass is 32.1. The van der Waals surface area contributed by atoms with Gasteiger partial charge < -0.3 is 9.09 Å². The number of H-pyrrole nitrogens is 1. The quantitative estimate of drug-likeness (QED) is 0.758. The molecule has 2 rings (SSSR count). The lowest BCUT2D eigenvalue weighted by Crippen LogP contribution is -2.11. The maximum Gasteiger partial charge on any atom is 0.251 e. The number of nitrogens with one attached hydrogen (secondary N) is 1. The van der Waals surface area contributed by atoms with Crippen LogP contribution in [-0.2, 0) is 6.54 Å². The second-order valence-corrected chi connectivity index (χ2v) is 3.36. The second kappa shape index (κ2) is 3.77. The summed E-state index contributed by atoms with van der Waals surface area (Å²) in [7, 11) is 0. The van der Waals surface area contributed by atoms with E-state index < -0.39 is 0 Å². The summed E-state index contributed by atoms with van der Waals surface area (Å²) in [5, 5.41) is 3.65. The van der Waals surface area contributed by atoms with Gasteiger partial charge in [0.15, 0.2) is 10.6 Å². The lowest BCUT2D eigenvalue weighted by Gasteiger charge is -2.00. The second-order valence-electron chi connectivity index (χ2n) is 2.97. The van der Waals surface area contributed by atoms with E-state index in [0.717, 1.165) is 0 Å². The Hall–Kier alpha value is -1.76. The van der Waals surface area contributed by atoms with Crippen molar-refractivity contribution >= 4 is 12.2 Å². The molecule has 1 N–H and O–H groups in total. The highest BCUT2D eigenvalue weighted by Gasteiger charge is 2.03. The first kappa shape index (κ1) is 9.78. The fourth-order valence-corrected chi connectivity index (χ4v) is 1.34. The number of aromatic amines is 1. The van der Waals surface area contributed by atoms with Gasteiger partial charge in [-0.25, -0.2) is 0 Å². The largest absolute Gasteiger partial charge is 0.337 e. The van der Waals surface area contributed by atoms with Gasteiger partial charge in [-0.3, -0.25) is 9.78 Å². The number of hydrogen-bond acceptors (Lipinski definition) is 5. The van der Waals surface area contributed by atoms with Gasteiger partial charge in [0, 0.05) is 12.3 Å². The summed E-state index contributed by atoms with van der Waals surface area (Å²) in [5.41, 5.74) is -0.224. The van der Waals surface area contributed by atoms with Crippen LogP contribution in [-0.4, -0.2) is 19.7 Å². The molecule has 0 aromatic carbocycles. The molecule has 0 saturated heterocycles.